The third kappa shape index (κ3) is 5.85. The zero-order chi connectivity index (χ0) is 27.5. The standard InChI is InChI=1S/C31H29ClF3NO3/c32-20-7-10-23(28(34)17-20)24-3-1-4-26-25(11-12-27(30(26)35)31(37)38)29(24)19-5-8-21(9-6-19)39-22-13-16-36(18-22)15-2-14-33/h5-12,17,22H,1-4,13-16,18H2,(H,37,38). The van der Waals surface area contributed by atoms with Crippen LogP contribution < -0.4 is 4.74 Å². The summed E-state index contributed by atoms with van der Waals surface area (Å²) >= 11 is 6.02. The average molecular weight is 556 g/mol. The zero-order valence-electron chi connectivity index (χ0n) is 21.4. The minimum atomic E-state index is -1.33. The number of benzene rings is 3. The van der Waals surface area contributed by atoms with Crippen LogP contribution in [0.3, 0.4) is 0 Å². The van der Waals surface area contributed by atoms with Gasteiger partial charge in [0.05, 0.1) is 12.2 Å². The van der Waals surface area contributed by atoms with E-state index in [2.05, 4.69) is 4.90 Å². The highest BCUT2D eigenvalue weighted by Crippen LogP contribution is 2.42. The van der Waals surface area contributed by atoms with Gasteiger partial charge in [-0.3, -0.25) is 9.29 Å². The number of hydrogen-bond donors (Lipinski definition) is 1. The lowest BCUT2D eigenvalue weighted by molar-refractivity contribution is 0.0691. The zero-order valence-corrected chi connectivity index (χ0v) is 22.1. The first-order valence-electron chi connectivity index (χ1n) is 13.1. The molecule has 1 unspecified atom stereocenters. The van der Waals surface area contributed by atoms with E-state index in [0.717, 1.165) is 25.1 Å². The summed E-state index contributed by atoms with van der Waals surface area (Å²) in [5.74, 6) is -1.88. The van der Waals surface area contributed by atoms with Crippen molar-refractivity contribution in [2.75, 3.05) is 26.3 Å². The third-order valence-electron chi connectivity index (χ3n) is 7.44. The molecule has 0 saturated carbocycles. The Morgan fingerprint density at radius 1 is 1.05 bits per heavy atom. The maximum absolute atomic E-state index is 15.4. The van der Waals surface area contributed by atoms with Gasteiger partial charge >= 0.3 is 5.97 Å². The number of alkyl halides is 1. The minimum Gasteiger partial charge on any atom is -0.489 e. The molecule has 5 rings (SSSR count). The second kappa shape index (κ2) is 11.8. The average Bonchev–Trinajstić information content (AvgIpc) is 3.26. The summed E-state index contributed by atoms with van der Waals surface area (Å²) in [6, 6.07) is 14.8. The number of nitrogens with zero attached hydrogens (tertiary/aromatic N) is 1. The number of fused-ring (bicyclic) bond motifs is 1. The fraction of sp³-hybridized carbons (Fsp3) is 0.323. The Morgan fingerprint density at radius 2 is 1.82 bits per heavy atom. The molecule has 8 heteroatoms. The van der Waals surface area contributed by atoms with Gasteiger partial charge in [0.25, 0.3) is 0 Å². The Bertz CT molecular complexity index is 1410. The van der Waals surface area contributed by atoms with Crippen molar-refractivity contribution >= 4 is 28.7 Å². The summed E-state index contributed by atoms with van der Waals surface area (Å²) in [5, 5.41) is 9.75. The molecule has 3 aromatic rings. The summed E-state index contributed by atoms with van der Waals surface area (Å²) in [6.45, 7) is 2.00. The van der Waals surface area contributed by atoms with Crippen LogP contribution in [0.25, 0.3) is 11.1 Å². The van der Waals surface area contributed by atoms with Crippen molar-refractivity contribution in [2.45, 2.75) is 38.2 Å². The lowest BCUT2D eigenvalue weighted by Gasteiger charge is -2.19. The molecule has 0 bridgehead atoms. The van der Waals surface area contributed by atoms with Crippen molar-refractivity contribution < 1.29 is 27.8 Å². The molecule has 1 N–H and O–H groups in total. The quantitative estimate of drug-likeness (QED) is 0.314. The van der Waals surface area contributed by atoms with Gasteiger partial charge in [-0.15, -0.1) is 0 Å². The van der Waals surface area contributed by atoms with Gasteiger partial charge in [-0.1, -0.05) is 35.9 Å². The molecule has 204 valence electrons. The summed E-state index contributed by atoms with van der Waals surface area (Å²) in [7, 11) is 0. The maximum Gasteiger partial charge on any atom is 0.338 e. The van der Waals surface area contributed by atoms with E-state index < -0.39 is 17.6 Å². The van der Waals surface area contributed by atoms with Gasteiger partial charge in [-0.05, 0) is 90.3 Å². The van der Waals surface area contributed by atoms with Gasteiger partial charge in [-0.25, -0.2) is 13.6 Å². The minimum absolute atomic E-state index is 0.00976. The number of rotatable bonds is 8. The molecule has 1 heterocycles. The lowest BCUT2D eigenvalue weighted by Crippen LogP contribution is -2.26. The van der Waals surface area contributed by atoms with Crippen molar-refractivity contribution in [2.24, 2.45) is 0 Å². The van der Waals surface area contributed by atoms with Crippen molar-refractivity contribution in [1.29, 1.82) is 0 Å². The Hall–Kier alpha value is -3.29. The Kier molecular flexibility index (Phi) is 8.29. The molecule has 0 aromatic heterocycles. The molecule has 1 aliphatic heterocycles. The van der Waals surface area contributed by atoms with E-state index >= 15 is 8.78 Å². The van der Waals surface area contributed by atoms with Gasteiger partial charge in [0.15, 0.2) is 0 Å². The first-order chi connectivity index (χ1) is 18.9. The Balaban J connectivity index is 1.54. The molecule has 0 amide bonds. The van der Waals surface area contributed by atoms with E-state index in [-0.39, 0.29) is 23.4 Å². The molecule has 39 heavy (non-hydrogen) atoms. The van der Waals surface area contributed by atoms with Crippen LogP contribution in [-0.4, -0.2) is 48.4 Å². The van der Waals surface area contributed by atoms with Crippen molar-refractivity contribution in [1.82, 2.24) is 4.90 Å². The second-order valence-electron chi connectivity index (χ2n) is 9.99. The van der Waals surface area contributed by atoms with Crippen LogP contribution >= 0.6 is 11.6 Å². The summed E-state index contributed by atoms with van der Waals surface area (Å²) in [6.07, 6.45) is 2.71. The van der Waals surface area contributed by atoms with E-state index in [1.807, 2.05) is 24.3 Å². The molecular weight excluding hydrogens is 527 g/mol. The predicted molar refractivity (Wildman–Crippen MR) is 146 cm³/mol. The maximum atomic E-state index is 15.4. The van der Waals surface area contributed by atoms with Gasteiger partial charge in [-0.2, -0.15) is 0 Å². The SMILES string of the molecule is O=C(O)c1ccc2c(c1F)CCCC(c1ccc(Cl)cc1F)=C2c1ccc(OC2CCN(CCCF)C2)cc1. The number of aromatic carboxylic acids is 1. The first kappa shape index (κ1) is 27.3. The molecule has 1 saturated heterocycles. The van der Waals surface area contributed by atoms with Crippen LogP contribution in [0.2, 0.25) is 5.02 Å². The van der Waals surface area contributed by atoms with E-state index in [0.29, 0.717) is 65.8 Å². The van der Waals surface area contributed by atoms with E-state index in [4.69, 9.17) is 16.3 Å². The summed E-state index contributed by atoms with van der Waals surface area (Å²) in [4.78, 5) is 13.8. The number of carboxylic acid groups (broad SMARTS) is 1. The first-order valence-corrected chi connectivity index (χ1v) is 13.5. The van der Waals surface area contributed by atoms with Crippen molar-refractivity contribution in [3.63, 3.8) is 0 Å². The van der Waals surface area contributed by atoms with E-state index in [1.165, 1.54) is 12.1 Å². The highest BCUT2D eigenvalue weighted by atomic mass is 35.5. The number of ether oxygens (including phenoxy) is 1. The molecular formula is C31H29ClF3NO3. The van der Waals surface area contributed by atoms with Gasteiger partial charge in [0.1, 0.15) is 23.5 Å². The molecule has 1 aliphatic carbocycles. The second-order valence-corrected chi connectivity index (χ2v) is 10.4. The Morgan fingerprint density at radius 3 is 2.54 bits per heavy atom. The Labute approximate surface area is 230 Å². The molecule has 2 aliphatic rings. The number of carbonyl (C=O) groups is 1. The number of halogens is 4. The van der Waals surface area contributed by atoms with Gasteiger partial charge < -0.3 is 9.84 Å². The molecule has 0 spiro atoms. The number of allylic oxidation sites excluding steroid dienone is 1. The number of hydrogen-bond acceptors (Lipinski definition) is 3. The fourth-order valence-corrected chi connectivity index (χ4v) is 5.76. The van der Waals surface area contributed by atoms with Crippen molar-refractivity contribution in [3.05, 3.63) is 99.1 Å². The fourth-order valence-electron chi connectivity index (χ4n) is 5.60. The highest BCUT2D eigenvalue weighted by Gasteiger charge is 2.27. The summed E-state index contributed by atoms with van der Waals surface area (Å²) < 4.78 is 49.3. The van der Waals surface area contributed by atoms with Crippen LogP contribution in [0.5, 0.6) is 5.75 Å². The van der Waals surface area contributed by atoms with E-state index in [9.17, 15) is 14.3 Å². The normalized spacial score (nSPS) is 17.7. The largest absolute Gasteiger partial charge is 0.489 e. The monoisotopic (exact) mass is 555 g/mol. The number of likely N-dealkylation sites (tertiary alicyclic amines) is 1. The van der Waals surface area contributed by atoms with Crippen LogP contribution in [0.4, 0.5) is 13.2 Å². The topological polar surface area (TPSA) is 49.8 Å². The van der Waals surface area contributed by atoms with Crippen LogP contribution in [0.1, 0.15) is 58.3 Å². The van der Waals surface area contributed by atoms with E-state index in [1.54, 1.807) is 18.2 Å². The molecule has 1 atom stereocenters. The molecule has 3 aromatic carbocycles. The third-order valence-corrected chi connectivity index (χ3v) is 7.67. The summed E-state index contributed by atoms with van der Waals surface area (Å²) in [5.41, 5.74) is 2.97. The molecule has 1 fully saturated rings. The van der Waals surface area contributed by atoms with Crippen LogP contribution in [0, 0.1) is 11.6 Å². The smallest absolute Gasteiger partial charge is 0.338 e. The molecule has 0 radical (unpaired) electrons. The predicted octanol–water partition coefficient (Wildman–Crippen LogP) is 7.42. The number of carboxylic acids is 1. The van der Waals surface area contributed by atoms with Crippen molar-refractivity contribution in [3.8, 4) is 5.75 Å². The highest BCUT2D eigenvalue weighted by molar-refractivity contribution is 6.30. The van der Waals surface area contributed by atoms with Gasteiger partial charge in [0, 0.05) is 30.2 Å². The van der Waals surface area contributed by atoms with Gasteiger partial charge in [0.2, 0.25) is 0 Å². The lowest BCUT2D eigenvalue weighted by atomic mass is 9.87. The molecule has 4 nitrogen and oxygen atoms in total. The van der Waals surface area contributed by atoms with Crippen LogP contribution in [-0.2, 0) is 6.42 Å². The van der Waals surface area contributed by atoms with Crippen LogP contribution in [0.15, 0.2) is 54.6 Å².